The Bertz CT molecular complexity index is 765. The number of nitrogens with zero attached hydrogens (tertiary/aromatic N) is 2. The SMILES string of the molecule is CNC(=O)c1cc(C(F)(F)F)nnc1Oc1ccc(F)cc1OC. The molecule has 0 aliphatic carbocycles. The van der Waals surface area contributed by atoms with Gasteiger partial charge in [0.05, 0.1) is 7.11 Å². The second-order valence-corrected chi connectivity index (χ2v) is 4.42. The van der Waals surface area contributed by atoms with Crippen molar-refractivity contribution in [3.8, 4) is 17.4 Å². The Morgan fingerprint density at radius 3 is 2.46 bits per heavy atom. The maximum absolute atomic E-state index is 13.2. The Morgan fingerprint density at radius 1 is 1.17 bits per heavy atom. The van der Waals surface area contributed by atoms with Crippen molar-refractivity contribution in [1.29, 1.82) is 0 Å². The molecule has 0 aliphatic rings. The van der Waals surface area contributed by atoms with E-state index in [1.807, 2.05) is 0 Å². The zero-order chi connectivity index (χ0) is 17.9. The van der Waals surface area contributed by atoms with Gasteiger partial charge in [-0.15, -0.1) is 10.2 Å². The Hall–Kier alpha value is -2.91. The summed E-state index contributed by atoms with van der Waals surface area (Å²) in [5.74, 6) is -2.01. The summed E-state index contributed by atoms with van der Waals surface area (Å²) in [7, 11) is 2.48. The molecule has 1 N–H and O–H groups in total. The minimum absolute atomic E-state index is 0.0282. The van der Waals surface area contributed by atoms with Gasteiger partial charge >= 0.3 is 6.18 Å². The molecule has 10 heteroatoms. The van der Waals surface area contributed by atoms with Crippen LogP contribution in [0.25, 0.3) is 0 Å². The normalized spacial score (nSPS) is 11.1. The summed E-state index contributed by atoms with van der Waals surface area (Å²) in [6, 6.07) is 3.75. The van der Waals surface area contributed by atoms with E-state index in [2.05, 4.69) is 15.5 Å². The molecule has 2 rings (SSSR count). The topological polar surface area (TPSA) is 73.3 Å². The van der Waals surface area contributed by atoms with E-state index in [9.17, 15) is 22.4 Å². The standard InChI is InChI=1S/C14H11F4N3O3/c1-19-12(22)8-6-11(14(16,17)18)20-21-13(8)24-9-4-3-7(15)5-10(9)23-2/h3-6H,1-2H3,(H,19,22). The highest BCUT2D eigenvalue weighted by Crippen LogP contribution is 2.34. The Morgan fingerprint density at radius 2 is 1.88 bits per heavy atom. The maximum atomic E-state index is 13.2. The van der Waals surface area contributed by atoms with E-state index < -0.39 is 35.0 Å². The van der Waals surface area contributed by atoms with Gasteiger partial charge in [0.15, 0.2) is 17.2 Å². The van der Waals surface area contributed by atoms with E-state index in [0.29, 0.717) is 6.07 Å². The van der Waals surface area contributed by atoms with E-state index in [1.54, 1.807) is 0 Å². The first-order valence-electron chi connectivity index (χ1n) is 6.44. The minimum atomic E-state index is -4.78. The highest BCUT2D eigenvalue weighted by Gasteiger charge is 2.35. The molecule has 0 atom stereocenters. The zero-order valence-electron chi connectivity index (χ0n) is 12.4. The summed E-state index contributed by atoms with van der Waals surface area (Å²) in [6.07, 6.45) is -4.78. The number of amides is 1. The minimum Gasteiger partial charge on any atom is -0.493 e. The average molecular weight is 345 g/mol. The third-order valence-corrected chi connectivity index (χ3v) is 2.85. The molecule has 24 heavy (non-hydrogen) atoms. The third-order valence-electron chi connectivity index (χ3n) is 2.85. The fourth-order valence-electron chi connectivity index (χ4n) is 1.72. The highest BCUT2D eigenvalue weighted by atomic mass is 19.4. The summed E-state index contributed by atoms with van der Waals surface area (Å²) in [4.78, 5) is 11.8. The van der Waals surface area contributed by atoms with Crippen LogP contribution in [-0.2, 0) is 6.18 Å². The lowest BCUT2D eigenvalue weighted by Gasteiger charge is -2.13. The fraction of sp³-hybridized carbons (Fsp3) is 0.214. The molecular weight excluding hydrogens is 334 g/mol. The maximum Gasteiger partial charge on any atom is 0.435 e. The molecule has 2 aromatic rings. The molecule has 1 amide bonds. The summed E-state index contributed by atoms with van der Waals surface area (Å²) in [6.45, 7) is 0. The van der Waals surface area contributed by atoms with Gasteiger partial charge in [-0.2, -0.15) is 13.2 Å². The van der Waals surface area contributed by atoms with Crippen LogP contribution in [0.5, 0.6) is 17.4 Å². The fourth-order valence-corrected chi connectivity index (χ4v) is 1.72. The van der Waals surface area contributed by atoms with E-state index in [1.165, 1.54) is 20.2 Å². The number of nitrogens with one attached hydrogen (secondary N) is 1. The molecule has 1 aromatic carbocycles. The molecule has 0 bridgehead atoms. The van der Waals surface area contributed by atoms with Crippen molar-refractivity contribution >= 4 is 5.91 Å². The molecule has 0 saturated heterocycles. The summed E-state index contributed by atoms with van der Waals surface area (Å²) in [5.41, 5.74) is -1.83. The molecule has 1 aromatic heterocycles. The van der Waals surface area contributed by atoms with Crippen LogP contribution < -0.4 is 14.8 Å². The largest absolute Gasteiger partial charge is 0.493 e. The van der Waals surface area contributed by atoms with Crippen molar-refractivity contribution in [3.63, 3.8) is 0 Å². The number of ether oxygens (including phenoxy) is 2. The molecule has 0 fully saturated rings. The molecule has 0 spiro atoms. The number of hydrogen-bond acceptors (Lipinski definition) is 5. The monoisotopic (exact) mass is 345 g/mol. The van der Waals surface area contributed by atoms with Crippen LogP contribution in [0.4, 0.5) is 17.6 Å². The first-order valence-corrected chi connectivity index (χ1v) is 6.44. The molecule has 0 saturated carbocycles. The van der Waals surface area contributed by atoms with Gasteiger partial charge in [0, 0.05) is 13.1 Å². The Labute approximate surface area is 133 Å². The van der Waals surface area contributed by atoms with Gasteiger partial charge < -0.3 is 14.8 Å². The molecule has 6 nitrogen and oxygen atoms in total. The van der Waals surface area contributed by atoms with Crippen molar-refractivity contribution < 1.29 is 31.8 Å². The van der Waals surface area contributed by atoms with Gasteiger partial charge in [-0.05, 0) is 18.2 Å². The number of alkyl halides is 3. The van der Waals surface area contributed by atoms with E-state index in [4.69, 9.17) is 9.47 Å². The van der Waals surface area contributed by atoms with Crippen molar-refractivity contribution in [2.24, 2.45) is 0 Å². The number of carbonyl (C=O) groups is 1. The number of aromatic nitrogens is 2. The van der Waals surface area contributed by atoms with Gasteiger partial charge in [0.25, 0.3) is 11.8 Å². The molecule has 0 radical (unpaired) electrons. The highest BCUT2D eigenvalue weighted by molar-refractivity contribution is 5.96. The van der Waals surface area contributed by atoms with Gasteiger partial charge in [0.2, 0.25) is 0 Å². The van der Waals surface area contributed by atoms with Crippen LogP contribution in [0.2, 0.25) is 0 Å². The van der Waals surface area contributed by atoms with Crippen LogP contribution in [0.1, 0.15) is 16.1 Å². The van der Waals surface area contributed by atoms with Crippen LogP contribution in [0.15, 0.2) is 24.3 Å². The van der Waals surface area contributed by atoms with Crippen LogP contribution in [-0.4, -0.2) is 30.3 Å². The summed E-state index contributed by atoms with van der Waals surface area (Å²) >= 11 is 0. The number of hydrogen-bond donors (Lipinski definition) is 1. The van der Waals surface area contributed by atoms with Crippen LogP contribution in [0, 0.1) is 5.82 Å². The first kappa shape index (κ1) is 17.4. The molecule has 128 valence electrons. The molecule has 0 aliphatic heterocycles. The third kappa shape index (κ3) is 3.70. The number of benzene rings is 1. The van der Waals surface area contributed by atoms with E-state index in [0.717, 1.165) is 12.1 Å². The van der Waals surface area contributed by atoms with E-state index in [-0.39, 0.29) is 11.5 Å². The van der Waals surface area contributed by atoms with Gasteiger partial charge in [-0.25, -0.2) is 4.39 Å². The Balaban J connectivity index is 2.48. The molecular formula is C14H11F4N3O3. The lowest BCUT2D eigenvalue weighted by atomic mass is 10.2. The number of rotatable bonds is 4. The summed E-state index contributed by atoms with van der Waals surface area (Å²) < 4.78 is 61.5. The molecule has 1 heterocycles. The number of carbonyl (C=O) groups excluding carboxylic acids is 1. The van der Waals surface area contributed by atoms with Gasteiger partial charge in [-0.3, -0.25) is 4.79 Å². The van der Waals surface area contributed by atoms with Crippen molar-refractivity contribution in [3.05, 3.63) is 41.3 Å². The zero-order valence-corrected chi connectivity index (χ0v) is 12.4. The number of methoxy groups -OCH3 is 1. The second kappa shape index (κ2) is 6.69. The van der Waals surface area contributed by atoms with E-state index >= 15 is 0 Å². The summed E-state index contributed by atoms with van der Waals surface area (Å²) in [5, 5.41) is 8.49. The predicted molar refractivity (Wildman–Crippen MR) is 73.5 cm³/mol. The lowest BCUT2D eigenvalue weighted by Crippen LogP contribution is -2.21. The molecule has 0 unspecified atom stereocenters. The predicted octanol–water partition coefficient (Wildman–Crippen LogP) is 2.80. The van der Waals surface area contributed by atoms with Crippen molar-refractivity contribution in [1.82, 2.24) is 15.5 Å². The quantitative estimate of drug-likeness (QED) is 0.863. The van der Waals surface area contributed by atoms with Crippen molar-refractivity contribution in [2.45, 2.75) is 6.18 Å². The lowest BCUT2D eigenvalue weighted by molar-refractivity contribution is -0.141. The van der Waals surface area contributed by atoms with Crippen LogP contribution in [0.3, 0.4) is 0 Å². The van der Waals surface area contributed by atoms with Crippen molar-refractivity contribution in [2.75, 3.05) is 14.2 Å². The first-order chi connectivity index (χ1) is 11.3. The van der Waals surface area contributed by atoms with Gasteiger partial charge in [-0.1, -0.05) is 0 Å². The average Bonchev–Trinajstić information content (AvgIpc) is 2.55. The number of halogens is 4. The second-order valence-electron chi connectivity index (χ2n) is 4.42. The van der Waals surface area contributed by atoms with Crippen LogP contribution >= 0.6 is 0 Å². The van der Waals surface area contributed by atoms with Gasteiger partial charge in [0.1, 0.15) is 11.4 Å². The Kier molecular flexibility index (Phi) is 4.86. The smallest absolute Gasteiger partial charge is 0.435 e.